The zero-order valence-corrected chi connectivity index (χ0v) is 15.6. The van der Waals surface area contributed by atoms with Crippen LogP contribution in [-0.4, -0.2) is 15.0 Å². The van der Waals surface area contributed by atoms with E-state index in [1.165, 1.54) is 0 Å². The third-order valence-corrected chi connectivity index (χ3v) is 4.45. The normalized spacial score (nSPS) is 12.0. The zero-order valence-electron chi connectivity index (χ0n) is 14.8. The quantitative estimate of drug-likeness (QED) is 0.712. The topological polar surface area (TPSA) is 73.9 Å². The highest BCUT2D eigenvalue weighted by Gasteiger charge is 2.16. The molecule has 0 saturated heterocycles. The molecule has 1 aromatic carbocycles. The molecular formula is C20H21ClN4O. The molecule has 0 radical (unpaired) electrons. The third-order valence-electron chi connectivity index (χ3n) is 3.98. The molecule has 3 aromatic rings. The first-order valence-electron chi connectivity index (χ1n) is 8.41. The van der Waals surface area contributed by atoms with Gasteiger partial charge in [0.15, 0.2) is 0 Å². The maximum atomic E-state index is 6.31. The van der Waals surface area contributed by atoms with E-state index in [1.54, 1.807) is 6.20 Å². The van der Waals surface area contributed by atoms with Crippen molar-refractivity contribution >= 4 is 11.6 Å². The molecule has 0 fully saturated rings. The Balaban J connectivity index is 1.64. The van der Waals surface area contributed by atoms with Gasteiger partial charge in [-0.1, -0.05) is 41.9 Å². The fourth-order valence-corrected chi connectivity index (χ4v) is 2.88. The van der Waals surface area contributed by atoms with Crippen molar-refractivity contribution in [3.8, 4) is 5.75 Å². The molecule has 0 amide bonds. The van der Waals surface area contributed by atoms with Gasteiger partial charge in [0.1, 0.15) is 18.2 Å². The summed E-state index contributed by atoms with van der Waals surface area (Å²) in [5, 5.41) is 0.519. The summed E-state index contributed by atoms with van der Waals surface area (Å²) < 4.78 is 5.75. The molecule has 3 rings (SSSR count). The molecule has 0 saturated carbocycles. The Hall–Kier alpha value is -2.50. The van der Waals surface area contributed by atoms with Gasteiger partial charge >= 0.3 is 0 Å². The van der Waals surface area contributed by atoms with Crippen molar-refractivity contribution in [2.45, 2.75) is 32.9 Å². The third kappa shape index (κ3) is 4.56. The second-order valence-corrected chi connectivity index (χ2v) is 6.50. The van der Waals surface area contributed by atoms with Gasteiger partial charge in [0.25, 0.3) is 0 Å². The van der Waals surface area contributed by atoms with Crippen LogP contribution in [-0.2, 0) is 13.0 Å². The average molecular weight is 369 g/mol. The van der Waals surface area contributed by atoms with E-state index in [0.29, 0.717) is 29.6 Å². The molecular weight excluding hydrogens is 348 g/mol. The van der Waals surface area contributed by atoms with Crippen molar-refractivity contribution in [2.24, 2.45) is 5.73 Å². The number of aromatic nitrogens is 3. The van der Waals surface area contributed by atoms with E-state index in [1.807, 2.05) is 56.3 Å². The molecule has 0 spiro atoms. The van der Waals surface area contributed by atoms with Crippen LogP contribution in [0.2, 0.25) is 5.02 Å². The van der Waals surface area contributed by atoms with Gasteiger partial charge in [-0.25, -0.2) is 9.97 Å². The van der Waals surface area contributed by atoms with Crippen LogP contribution < -0.4 is 10.5 Å². The minimum absolute atomic E-state index is 0.341. The Morgan fingerprint density at radius 1 is 1.08 bits per heavy atom. The highest BCUT2D eigenvalue weighted by Crippen LogP contribution is 2.24. The van der Waals surface area contributed by atoms with Gasteiger partial charge in [-0.2, -0.15) is 0 Å². The van der Waals surface area contributed by atoms with Gasteiger partial charge in [0, 0.05) is 12.1 Å². The zero-order chi connectivity index (χ0) is 18.5. The Bertz CT molecular complexity index is 869. The lowest BCUT2D eigenvalue weighted by molar-refractivity contribution is 0.305. The predicted octanol–water partition coefficient (Wildman–Crippen LogP) is 3.96. The van der Waals surface area contributed by atoms with E-state index < -0.39 is 0 Å². The first kappa shape index (κ1) is 18.3. The molecule has 0 aliphatic rings. The van der Waals surface area contributed by atoms with Gasteiger partial charge in [0.05, 0.1) is 28.6 Å². The standard InChI is InChI=1S/C20H21ClN4O/c1-13-19(21)20(25-14(2)24-13)18(22)10-16-8-9-17(11-23-16)26-12-15-6-4-3-5-7-15/h3-9,11,18H,10,12,22H2,1-2H3. The number of nitrogens with zero attached hydrogens (tertiary/aromatic N) is 3. The number of halogens is 1. The summed E-state index contributed by atoms with van der Waals surface area (Å²) in [6.45, 7) is 4.19. The predicted molar refractivity (Wildman–Crippen MR) is 102 cm³/mol. The molecule has 2 heterocycles. The maximum Gasteiger partial charge on any atom is 0.138 e. The molecule has 1 atom stereocenters. The Morgan fingerprint density at radius 2 is 1.85 bits per heavy atom. The number of aryl methyl sites for hydroxylation is 2. The lowest BCUT2D eigenvalue weighted by atomic mass is 10.1. The van der Waals surface area contributed by atoms with Crippen LogP contribution in [0, 0.1) is 13.8 Å². The van der Waals surface area contributed by atoms with Crippen LogP contribution >= 0.6 is 11.6 Å². The van der Waals surface area contributed by atoms with Crippen LogP contribution in [0.1, 0.15) is 34.5 Å². The summed E-state index contributed by atoms with van der Waals surface area (Å²) in [6, 6.07) is 13.5. The van der Waals surface area contributed by atoms with Crippen molar-refractivity contribution < 1.29 is 4.74 Å². The smallest absolute Gasteiger partial charge is 0.138 e. The maximum absolute atomic E-state index is 6.31. The van der Waals surface area contributed by atoms with Crippen LogP contribution in [0.5, 0.6) is 5.75 Å². The van der Waals surface area contributed by atoms with E-state index in [-0.39, 0.29) is 6.04 Å². The minimum Gasteiger partial charge on any atom is -0.487 e. The fourth-order valence-electron chi connectivity index (χ4n) is 2.65. The number of hydrogen-bond donors (Lipinski definition) is 1. The summed E-state index contributed by atoms with van der Waals surface area (Å²) >= 11 is 6.31. The number of benzene rings is 1. The molecule has 6 heteroatoms. The first-order chi connectivity index (χ1) is 12.5. The fraction of sp³-hybridized carbons (Fsp3) is 0.250. The van der Waals surface area contributed by atoms with Crippen molar-refractivity contribution in [3.63, 3.8) is 0 Å². The second kappa shape index (κ2) is 8.25. The van der Waals surface area contributed by atoms with E-state index in [9.17, 15) is 0 Å². The van der Waals surface area contributed by atoms with Gasteiger partial charge in [-0.15, -0.1) is 0 Å². The summed E-state index contributed by atoms with van der Waals surface area (Å²) in [5.41, 5.74) is 9.66. The summed E-state index contributed by atoms with van der Waals surface area (Å²) in [5.74, 6) is 1.38. The van der Waals surface area contributed by atoms with Gasteiger partial charge in [0.2, 0.25) is 0 Å². The van der Waals surface area contributed by atoms with E-state index in [0.717, 1.165) is 22.7 Å². The number of hydrogen-bond acceptors (Lipinski definition) is 5. The highest BCUT2D eigenvalue weighted by atomic mass is 35.5. The van der Waals surface area contributed by atoms with Crippen LogP contribution in [0.4, 0.5) is 0 Å². The molecule has 26 heavy (non-hydrogen) atoms. The van der Waals surface area contributed by atoms with E-state index in [4.69, 9.17) is 22.1 Å². The number of nitrogens with two attached hydrogens (primary N) is 1. The van der Waals surface area contributed by atoms with Crippen molar-refractivity contribution in [2.75, 3.05) is 0 Å². The average Bonchev–Trinajstić information content (AvgIpc) is 2.65. The lowest BCUT2D eigenvalue weighted by Gasteiger charge is -2.14. The SMILES string of the molecule is Cc1nc(C)c(Cl)c(C(N)Cc2ccc(OCc3ccccc3)cn2)n1. The Kier molecular flexibility index (Phi) is 5.81. The number of rotatable bonds is 6. The van der Waals surface area contributed by atoms with Gasteiger partial charge < -0.3 is 10.5 Å². The molecule has 1 unspecified atom stereocenters. The summed E-state index contributed by atoms with van der Waals surface area (Å²) in [7, 11) is 0. The van der Waals surface area contributed by atoms with Gasteiger partial charge in [-0.3, -0.25) is 4.98 Å². The van der Waals surface area contributed by atoms with Crippen LogP contribution in [0.3, 0.4) is 0 Å². The summed E-state index contributed by atoms with van der Waals surface area (Å²) in [4.78, 5) is 13.1. The van der Waals surface area contributed by atoms with Crippen LogP contribution in [0.15, 0.2) is 48.7 Å². The molecule has 0 aliphatic heterocycles. The monoisotopic (exact) mass is 368 g/mol. The Labute approximate surface area is 158 Å². The molecule has 0 bridgehead atoms. The molecule has 2 N–H and O–H groups in total. The molecule has 134 valence electrons. The van der Waals surface area contributed by atoms with Crippen molar-refractivity contribution in [1.29, 1.82) is 0 Å². The van der Waals surface area contributed by atoms with E-state index >= 15 is 0 Å². The van der Waals surface area contributed by atoms with E-state index in [2.05, 4.69) is 15.0 Å². The minimum atomic E-state index is -0.341. The highest BCUT2D eigenvalue weighted by molar-refractivity contribution is 6.31. The number of ether oxygens (including phenoxy) is 1. The first-order valence-corrected chi connectivity index (χ1v) is 8.78. The Morgan fingerprint density at radius 3 is 2.54 bits per heavy atom. The molecule has 5 nitrogen and oxygen atoms in total. The summed E-state index contributed by atoms with van der Waals surface area (Å²) in [6.07, 6.45) is 2.25. The molecule has 0 aliphatic carbocycles. The van der Waals surface area contributed by atoms with Crippen molar-refractivity contribution in [3.05, 3.63) is 82.2 Å². The second-order valence-electron chi connectivity index (χ2n) is 6.13. The largest absolute Gasteiger partial charge is 0.487 e. The van der Waals surface area contributed by atoms with Gasteiger partial charge in [-0.05, 0) is 31.5 Å². The number of pyridine rings is 1. The lowest BCUT2D eigenvalue weighted by Crippen LogP contribution is -2.17. The molecule has 2 aromatic heterocycles. The van der Waals surface area contributed by atoms with Crippen molar-refractivity contribution in [1.82, 2.24) is 15.0 Å². The van der Waals surface area contributed by atoms with Crippen LogP contribution in [0.25, 0.3) is 0 Å².